The summed E-state index contributed by atoms with van der Waals surface area (Å²) in [6.45, 7) is 4.52. The van der Waals surface area contributed by atoms with Gasteiger partial charge in [-0.15, -0.1) is 0 Å². The van der Waals surface area contributed by atoms with E-state index in [0.717, 1.165) is 16.9 Å². The van der Waals surface area contributed by atoms with E-state index < -0.39 is 0 Å². The Morgan fingerprint density at radius 1 is 1.08 bits per heavy atom. The number of amides is 1. The summed E-state index contributed by atoms with van der Waals surface area (Å²) in [5, 5.41) is 2.95. The van der Waals surface area contributed by atoms with Gasteiger partial charge in [-0.05, 0) is 55.3 Å². The molecule has 26 heavy (non-hydrogen) atoms. The van der Waals surface area contributed by atoms with Crippen LogP contribution in [0.3, 0.4) is 0 Å². The second kappa shape index (κ2) is 9.51. The SMILES string of the molecule is CCOc1ccc(C(C)NC(=O)/C=C/c2ccc(OC)c(OC)c2)cc1. The largest absolute Gasteiger partial charge is 0.494 e. The smallest absolute Gasteiger partial charge is 0.244 e. The highest BCUT2D eigenvalue weighted by molar-refractivity contribution is 5.92. The summed E-state index contributed by atoms with van der Waals surface area (Å²) in [6.07, 6.45) is 3.24. The zero-order valence-electron chi connectivity index (χ0n) is 15.6. The lowest BCUT2D eigenvalue weighted by Gasteiger charge is -2.13. The fraction of sp³-hybridized carbons (Fsp3) is 0.286. The number of nitrogens with one attached hydrogen (secondary N) is 1. The summed E-state index contributed by atoms with van der Waals surface area (Å²) in [5.41, 5.74) is 1.87. The molecule has 138 valence electrons. The van der Waals surface area contributed by atoms with Gasteiger partial charge in [0.05, 0.1) is 26.9 Å². The van der Waals surface area contributed by atoms with Crippen LogP contribution in [0, 0.1) is 0 Å². The van der Waals surface area contributed by atoms with Crippen LogP contribution in [0.2, 0.25) is 0 Å². The lowest BCUT2D eigenvalue weighted by molar-refractivity contribution is -0.117. The first kappa shape index (κ1) is 19.4. The molecule has 0 aliphatic heterocycles. The highest BCUT2D eigenvalue weighted by Crippen LogP contribution is 2.28. The van der Waals surface area contributed by atoms with Gasteiger partial charge in [0.2, 0.25) is 5.91 Å². The van der Waals surface area contributed by atoms with Crippen molar-refractivity contribution in [1.82, 2.24) is 5.32 Å². The molecule has 0 aliphatic rings. The van der Waals surface area contributed by atoms with Crippen LogP contribution in [-0.2, 0) is 4.79 Å². The van der Waals surface area contributed by atoms with Gasteiger partial charge in [-0.3, -0.25) is 4.79 Å². The molecule has 2 aromatic rings. The van der Waals surface area contributed by atoms with E-state index >= 15 is 0 Å². The molecule has 0 saturated heterocycles. The maximum atomic E-state index is 12.2. The molecule has 2 rings (SSSR count). The number of benzene rings is 2. The number of hydrogen-bond acceptors (Lipinski definition) is 4. The Bertz CT molecular complexity index is 753. The highest BCUT2D eigenvalue weighted by atomic mass is 16.5. The molecule has 5 heteroatoms. The number of carbonyl (C=O) groups excluding carboxylic acids is 1. The minimum atomic E-state index is -0.166. The molecule has 0 heterocycles. The fourth-order valence-electron chi connectivity index (χ4n) is 2.49. The topological polar surface area (TPSA) is 56.8 Å². The van der Waals surface area contributed by atoms with Crippen LogP contribution in [0.5, 0.6) is 17.2 Å². The van der Waals surface area contributed by atoms with E-state index in [1.165, 1.54) is 6.08 Å². The number of methoxy groups -OCH3 is 2. The summed E-state index contributed by atoms with van der Waals surface area (Å²) in [7, 11) is 3.17. The molecule has 0 spiro atoms. The number of hydrogen-bond donors (Lipinski definition) is 1. The minimum Gasteiger partial charge on any atom is -0.494 e. The third kappa shape index (κ3) is 5.28. The average Bonchev–Trinajstić information content (AvgIpc) is 2.66. The molecule has 1 amide bonds. The van der Waals surface area contributed by atoms with Gasteiger partial charge in [0, 0.05) is 6.08 Å². The molecule has 1 unspecified atom stereocenters. The quantitative estimate of drug-likeness (QED) is 0.728. The third-order valence-electron chi connectivity index (χ3n) is 3.88. The second-order valence-electron chi connectivity index (χ2n) is 5.68. The van der Waals surface area contributed by atoms with Crippen molar-refractivity contribution in [3.8, 4) is 17.2 Å². The zero-order valence-corrected chi connectivity index (χ0v) is 15.6. The van der Waals surface area contributed by atoms with Crippen molar-refractivity contribution in [3.05, 3.63) is 59.7 Å². The second-order valence-corrected chi connectivity index (χ2v) is 5.68. The van der Waals surface area contributed by atoms with Crippen LogP contribution >= 0.6 is 0 Å². The summed E-state index contributed by atoms with van der Waals surface area (Å²) in [6, 6.07) is 13.1. The molecule has 1 N–H and O–H groups in total. The number of rotatable bonds is 8. The van der Waals surface area contributed by atoms with Crippen LogP contribution in [-0.4, -0.2) is 26.7 Å². The van der Waals surface area contributed by atoms with E-state index in [9.17, 15) is 4.79 Å². The first-order chi connectivity index (χ1) is 12.6. The van der Waals surface area contributed by atoms with Crippen LogP contribution in [0.25, 0.3) is 6.08 Å². The van der Waals surface area contributed by atoms with Crippen LogP contribution < -0.4 is 19.5 Å². The molecule has 0 radical (unpaired) electrons. The van der Waals surface area contributed by atoms with Gasteiger partial charge in [-0.25, -0.2) is 0 Å². The first-order valence-electron chi connectivity index (χ1n) is 8.50. The van der Waals surface area contributed by atoms with E-state index in [1.54, 1.807) is 26.4 Å². The van der Waals surface area contributed by atoms with Gasteiger partial charge in [-0.1, -0.05) is 18.2 Å². The lowest BCUT2D eigenvalue weighted by atomic mass is 10.1. The molecular formula is C21H25NO4. The Balaban J connectivity index is 1.97. The zero-order chi connectivity index (χ0) is 18.9. The van der Waals surface area contributed by atoms with E-state index in [0.29, 0.717) is 18.1 Å². The average molecular weight is 355 g/mol. The van der Waals surface area contributed by atoms with Crippen LogP contribution in [0.15, 0.2) is 48.5 Å². The number of ether oxygens (including phenoxy) is 3. The van der Waals surface area contributed by atoms with Crippen molar-refractivity contribution >= 4 is 12.0 Å². The van der Waals surface area contributed by atoms with Crippen molar-refractivity contribution in [2.75, 3.05) is 20.8 Å². The summed E-state index contributed by atoms with van der Waals surface area (Å²) in [4.78, 5) is 12.2. The molecule has 1 atom stereocenters. The van der Waals surface area contributed by atoms with Crippen molar-refractivity contribution in [2.24, 2.45) is 0 Å². The third-order valence-corrected chi connectivity index (χ3v) is 3.88. The van der Waals surface area contributed by atoms with Gasteiger partial charge in [0.25, 0.3) is 0 Å². The molecule has 2 aromatic carbocycles. The predicted molar refractivity (Wildman–Crippen MR) is 103 cm³/mol. The Labute approximate surface area is 154 Å². The predicted octanol–water partition coefficient (Wildman–Crippen LogP) is 3.99. The van der Waals surface area contributed by atoms with Crippen molar-refractivity contribution in [1.29, 1.82) is 0 Å². The van der Waals surface area contributed by atoms with E-state index in [1.807, 2.05) is 50.2 Å². The monoisotopic (exact) mass is 355 g/mol. The summed E-state index contributed by atoms with van der Waals surface area (Å²) < 4.78 is 15.9. The van der Waals surface area contributed by atoms with Gasteiger partial charge < -0.3 is 19.5 Å². The molecule has 0 bridgehead atoms. The normalized spacial score (nSPS) is 11.8. The Morgan fingerprint density at radius 3 is 2.38 bits per heavy atom. The fourth-order valence-corrected chi connectivity index (χ4v) is 2.49. The van der Waals surface area contributed by atoms with Crippen molar-refractivity contribution < 1.29 is 19.0 Å². The highest BCUT2D eigenvalue weighted by Gasteiger charge is 2.08. The van der Waals surface area contributed by atoms with Gasteiger partial charge in [-0.2, -0.15) is 0 Å². The van der Waals surface area contributed by atoms with E-state index in [2.05, 4.69) is 5.32 Å². The van der Waals surface area contributed by atoms with Gasteiger partial charge in [0.1, 0.15) is 5.75 Å². The maximum absolute atomic E-state index is 12.2. The van der Waals surface area contributed by atoms with Crippen molar-refractivity contribution in [2.45, 2.75) is 19.9 Å². The summed E-state index contributed by atoms with van der Waals surface area (Å²) in [5.74, 6) is 1.93. The van der Waals surface area contributed by atoms with E-state index in [4.69, 9.17) is 14.2 Å². The minimum absolute atomic E-state index is 0.103. The standard InChI is InChI=1S/C21H25NO4/c1-5-26-18-10-8-17(9-11-18)15(2)22-21(23)13-7-16-6-12-19(24-3)20(14-16)25-4/h6-15H,5H2,1-4H3,(H,22,23)/b13-7+. The molecule has 0 aromatic heterocycles. The number of carbonyl (C=O) groups is 1. The molecular weight excluding hydrogens is 330 g/mol. The van der Waals surface area contributed by atoms with Crippen LogP contribution in [0.1, 0.15) is 31.0 Å². The first-order valence-corrected chi connectivity index (χ1v) is 8.50. The Kier molecular flexibility index (Phi) is 7.09. The van der Waals surface area contributed by atoms with E-state index in [-0.39, 0.29) is 11.9 Å². The van der Waals surface area contributed by atoms with Gasteiger partial charge >= 0.3 is 0 Å². The Morgan fingerprint density at radius 2 is 1.77 bits per heavy atom. The lowest BCUT2D eigenvalue weighted by Crippen LogP contribution is -2.24. The molecule has 0 saturated carbocycles. The van der Waals surface area contributed by atoms with Crippen LogP contribution in [0.4, 0.5) is 0 Å². The van der Waals surface area contributed by atoms with Gasteiger partial charge in [0.15, 0.2) is 11.5 Å². The van der Waals surface area contributed by atoms with Crippen molar-refractivity contribution in [3.63, 3.8) is 0 Å². The molecule has 5 nitrogen and oxygen atoms in total. The molecule has 0 fully saturated rings. The summed E-state index contributed by atoms with van der Waals surface area (Å²) >= 11 is 0. The maximum Gasteiger partial charge on any atom is 0.244 e. The Hall–Kier alpha value is -2.95. The molecule has 0 aliphatic carbocycles.